The van der Waals surface area contributed by atoms with E-state index < -0.39 is 0 Å². The Bertz CT molecular complexity index is 697. The molecule has 0 bridgehead atoms. The fourth-order valence-electron chi connectivity index (χ4n) is 2.59. The molecular weight excluding hydrogens is 290 g/mol. The number of nitrogens with one attached hydrogen (secondary N) is 1. The molecule has 1 heterocycles. The lowest BCUT2D eigenvalue weighted by atomic mass is 10.1. The van der Waals surface area contributed by atoms with Gasteiger partial charge in [0, 0.05) is 12.1 Å². The Labute approximate surface area is 136 Å². The number of carbonyl (C=O) groups is 1. The van der Waals surface area contributed by atoms with Crippen molar-refractivity contribution in [3.8, 4) is 11.5 Å². The Morgan fingerprint density at radius 3 is 2.70 bits per heavy atom. The summed E-state index contributed by atoms with van der Waals surface area (Å²) in [6.07, 6.45) is 2.08. The van der Waals surface area contributed by atoms with E-state index in [2.05, 4.69) is 18.3 Å². The van der Waals surface area contributed by atoms with Gasteiger partial charge in [-0.05, 0) is 48.2 Å². The Balaban J connectivity index is 1.56. The molecule has 0 unspecified atom stereocenters. The molecule has 0 aromatic heterocycles. The number of amides is 1. The van der Waals surface area contributed by atoms with E-state index in [4.69, 9.17) is 9.47 Å². The molecule has 0 saturated heterocycles. The molecule has 120 valence electrons. The third-order valence-corrected chi connectivity index (χ3v) is 3.87. The second kappa shape index (κ2) is 7.18. The number of rotatable bonds is 5. The minimum absolute atomic E-state index is 0.0214. The minimum atomic E-state index is 0.0214. The number of ether oxygens (including phenoxy) is 2. The van der Waals surface area contributed by atoms with Crippen molar-refractivity contribution in [2.24, 2.45) is 0 Å². The minimum Gasteiger partial charge on any atom is -0.486 e. The topological polar surface area (TPSA) is 47.6 Å². The molecule has 1 N–H and O–H groups in total. The summed E-state index contributed by atoms with van der Waals surface area (Å²) in [5.41, 5.74) is 3.15. The Morgan fingerprint density at radius 1 is 1.04 bits per heavy atom. The van der Waals surface area contributed by atoms with Crippen molar-refractivity contribution in [2.45, 2.75) is 26.2 Å². The number of anilines is 1. The first kappa shape index (κ1) is 15.4. The van der Waals surface area contributed by atoms with Crippen LogP contribution in [0.1, 0.15) is 24.5 Å². The van der Waals surface area contributed by atoms with E-state index in [1.54, 1.807) is 0 Å². The van der Waals surface area contributed by atoms with Gasteiger partial charge in [-0.25, -0.2) is 0 Å². The lowest BCUT2D eigenvalue weighted by Gasteiger charge is -2.18. The molecule has 23 heavy (non-hydrogen) atoms. The predicted molar refractivity (Wildman–Crippen MR) is 90.2 cm³/mol. The molecule has 0 saturated carbocycles. The average molecular weight is 311 g/mol. The monoisotopic (exact) mass is 311 g/mol. The molecule has 4 nitrogen and oxygen atoms in total. The Hall–Kier alpha value is -2.49. The summed E-state index contributed by atoms with van der Waals surface area (Å²) >= 11 is 0. The van der Waals surface area contributed by atoms with Gasteiger partial charge in [-0.15, -0.1) is 0 Å². The van der Waals surface area contributed by atoms with Crippen molar-refractivity contribution in [3.63, 3.8) is 0 Å². The van der Waals surface area contributed by atoms with Crippen LogP contribution in [0.3, 0.4) is 0 Å². The standard InChI is InChI=1S/C19H21NO3/c1-2-14-4-3-5-16(12-14)20-19(21)9-7-15-6-8-17-18(13-15)23-11-10-22-17/h3-6,8,12-13H,2,7,9-11H2,1H3,(H,20,21). The summed E-state index contributed by atoms with van der Waals surface area (Å²) in [5.74, 6) is 1.57. The van der Waals surface area contributed by atoms with Crippen LogP contribution in [0.15, 0.2) is 42.5 Å². The van der Waals surface area contributed by atoms with Crippen molar-refractivity contribution in [3.05, 3.63) is 53.6 Å². The summed E-state index contributed by atoms with van der Waals surface area (Å²) in [5, 5.41) is 2.95. The summed E-state index contributed by atoms with van der Waals surface area (Å²) in [6, 6.07) is 13.8. The lowest BCUT2D eigenvalue weighted by Crippen LogP contribution is -2.15. The molecule has 1 aliphatic rings. The van der Waals surface area contributed by atoms with Gasteiger partial charge in [0.25, 0.3) is 0 Å². The zero-order chi connectivity index (χ0) is 16.1. The maximum absolute atomic E-state index is 12.1. The van der Waals surface area contributed by atoms with Crippen LogP contribution in [-0.2, 0) is 17.6 Å². The van der Waals surface area contributed by atoms with Crippen molar-refractivity contribution in [1.82, 2.24) is 0 Å². The highest BCUT2D eigenvalue weighted by Crippen LogP contribution is 2.31. The number of fused-ring (bicyclic) bond motifs is 1. The van der Waals surface area contributed by atoms with Gasteiger partial charge in [0.15, 0.2) is 11.5 Å². The predicted octanol–water partition coefficient (Wildman–Crippen LogP) is 3.59. The maximum atomic E-state index is 12.1. The molecule has 2 aromatic carbocycles. The molecule has 0 fully saturated rings. The normalized spacial score (nSPS) is 12.7. The van der Waals surface area contributed by atoms with Crippen LogP contribution in [0.25, 0.3) is 0 Å². The van der Waals surface area contributed by atoms with E-state index in [9.17, 15) is 4.79 Å². The quantitative estimate of drug-likeness (QED) is 0.918. The van der Waals surface area contributed by atoms with Gasteiger partial charge >= 0.3 is 0 Å². The van der Waals surface area contributed by atoms with Gasteiger partial charge in [0.2, 0.25) is 5.91 Å². The van der Waals surface area contributed by atoms with Crippen LogP contribution in [-0.4, -0.2) is 19.1 Å². The van der Waals surface area contributed by atoms with Crippen molar-refractivity contribution in [2.75, 3.05) is 18.5 Å². The Kier molecular flexibility index (Phi) is 4.81. The first-order chi connectivity index (χ1) is 11.2. The molecule has 2 aromatic rings. The molecule has 4 heteroatoms. The molecule has 0 radical (unpaired) electrons. The number of benzene rings is 2. The molecule has 0 aliphatic carbocycles. The van der Waals surface area contributed by atoms with E-state index in [0.717, 1.165) is 29.2 Å². The van der Waals surface area contributed by atoms with Gasteiger partial charge in [-0.2, -0.15) is 0 Å². The highest BCUT2D eigenvalue weighted by atomic mass is 16.6. The summed E-state index contributed by atoms with van der Waals surface area (Å²) < 4.78 is 11.1. The van der Waals surface area contributed by atoms with Crippen LogP contribution in [0.4, 0.5) is 5.69 Å². The van der Waals surface area contributed by atoms with Gasteiger partial charge in [0.1, 0.15) is 13.2 Å². The van der Waals surface area contributed by atoms with E-state index in [1.165, 1.54) is 5.56 Å². The second-order valence-electron chi connectivity index (χ2n) is 5.58. The van der Waals surface area contributed by atoms with Crippen molar-refractivity contribution < 1.29 is 14.3 Å². The molecule has 1 amide bonds. The van der Waals surface area contributed by atoms with E-state index in [-0.39, 0.29) is 5.91 Å². The Morgan fingerprint density at radius 2 is 1.87 bits per heavy atom. The van der Waals surface area contributed by atoms with Crippen LogP contribution in [0, 0.1) is 0 Å². The number of hydrogen-bond acceptors (Lipinski definition) is 3. The van der Waals surface area contributed by atoms with E-state index in [1.807, 2.05) is 36.4 Å². The van der Waals surface area contributed by atoms with Crippen LogP contribution in [0.2, 0.25) is 0 Å². The number of hydrogen-bond donors (Lipinski definition) is 1. The van der Waals surface area contributed by atoms with Gasteiger partial charge in [-0.3, -0.25) is 4.79 Å². The molecule has 0 atom stereocenters. The lowest BCUT2D eigenvalue weighted by molar-refractivity contribution is -0.116. The zero-order valence-corrected chi connectivity index (χ0v) is 13.3. The number of aryl methyl sites for hydroxylation is 2. The van der Waals surface area contributed by atoms with E-state index in [0.29, 0.717) is 26.1 Å². The van der Waals surface area contributed by atoms with Gasteiger partial charge in [-0.1, -0.05) is 25.1 Å². The summed E-state index contributed by atoms with van der Waals surface area (Å²) in [7, 11) is 0. The number of carbonyl (C=O) groups excluding carboxylic acids is 1. The van der Waals surface area contributed by atoms with Crippen LogP contribution < -0.4 is 14.8 Å². The highest BCUT2D eigenvalue weighted by molar-refractivity contribution is 5.90. The summed E-state index contributed by atoms with van der Waals surface area (Å²) in [4.78, 5) is 12.1. The van der Waals surface area contributed by atoms with Gasteiger partial charge in [0.05, 0.1) is 0 Å². The van der Waals surface area contributed by atoms with Crippen molar-refractivity contribution in [1.29, 1.82) is 0 Å². The molecule has 0 spiro atoms. The largest absolute Gasteiger partial charge is 0.486 e. The first-order valence-electron chi connectivity index (χ1n) is 8.02. The third kappa shape index (κ3) is 4.03. The molecule has 1 aliphatic heterocycles. The first-order valence-corrected chi connectivity index (χ1v) is 8.02. The average Bonchev–Trinajstić information content (AvgIpc) is 2.60. The second-order valence-corrected chi connectivity index (χ2v) is 5.58. The maximum Gasteiger partial charge on any atom is 0.224 e. The highest BCUT2D eigenvalue weighted by Gasteiger charge is 2.12. The van der Waals surface area contributed by atoms with Crippen LogP contribution >= 0.6 is 0 Å². The zero-order valence-electron chi connectivity index (χ0n) is 13.3. The molecule has 3 rings (SSSR count). The SMILES string of the molecule is CCc1cccc(NC(=O)CCc2ccc3c(c2)OCCO3)c1. The van der Waals surface area contributed by atoms with E-state index >= 15 is 0 Å². The molecular formula is C19H21NO3. The fourth-order valence-corrected chi connectivity index (χ4v) is 2.59. The fraction of sp³-hybridized carbons (Fsp3) is 0.316. The summed E-state index contributed by atoms with van der Waals surface area (Å²) in [6.45, 7) is 3.26. The smallest absolute Gasteiger partial charge is 0.224 e. The third-order valence-electron chi connectivity index (χ3n) is 3.87. The van der Waals surface area contributed by atoms with Crippen molar-refractivity contribution >= 4 is 11.6 Å². The van der Waals surface area contributed by atoms with Gasteiger partial charge < -0.3 is 14.8 Å². The van der Waals surface area contributed by atoms with Crippen LogP contribution in [0.5, 0.6) is 11.5 Å².